The molecule has 1 unspecified atom stereocenters. The number of rotatable bonds is 5. The van der Waals surface area contributed by atoms with E-state index in [4.69, 9.17) is 9.47 Å². The van der Waals surface area contributed by atoms with E-state index in [0.29, 0.717) is 17.1 Å². The summed E-state index contributed by atoms with van der Waals surface area (Å²) in [5.74, 6) is 1.06. The van der Waals surface area contributed by atoms with Crippen LogP contribution >= 0.6 is 0 Å². The summed E-state index contributed by atoms with van der Waals surface area (Å²) in [6.07, 6.45) is 0.125. The summed E-state index contributed by atoms with van der Waals surface area (Å²) < 4.78 is 10.5. The number of Topliss-reactive ketones (excluding diaryl/α,β-unsaturated/α-hetero) is 1. The van der Waals surface area contributed by atoms with Gasteiger partial charge in [-0.25, -0.2) is 0 Å². The second kappa shape index (κ2) is 5.54. The van der Waals surface area contributed by atoms with Crippen molar-refractivity contribution in [2.24, 2.45) is 0 Å². The Morgan fingerprint density at radius 2 is 1.83 bits per heavy atom. The smallest absolute Gasteiger partial charge is 0.131 e. The van der Waals surface area contributed by atoms with Crippen LogP contribution < -0.4 is 9.47 Å². The molecule has 96 valence electrons. The minimum absolute atomic E-state index is 0.0491. The van der Waals surface area contributed by atoms with Crippen molar-refractivity contribution in [3.05, 3.63) is 23.8 Å². The Hall–Kier alpha value is -2.02. The molecule has 0 bridgehead atoms. The molecule has 18 heavy (non-hydrogen) atoms. The van der Waals surface area contributed by atoms with E-state index in [0.717, 1.165) is 0 Å². The second-order valence-corrected chi connectivity index (χ2v) is 4.36. The lowest BCUT2D eigenvalue weighted by atomic mass is 9.78. The average Bonchev–Trinajstić information content (AvgIpc) is 2.36. The van der Waals surface area contributed by atoms with Gasteiger partial charge in [0.15, 0.2) is 0 Å². The first-order chi connectivity index (χ1) is 8.48. The first-order valence-electron chi connectivity index (χ1n) is 5.60. The van der Waals surface area contributed by atoms with Gasteiger partial charge in [-0.15, -0.1) is 0 Å². The zero-order chi connectivity index (χ0) is 13.8. The molecule has 1 aromatic rings. The summed E-state index contributed by atoms with van der Waals surface area (Å²) in [6.45, 7) is 3.19. The zero-order valence-electron chi connectivity index (χ0n) is 11.1. The average molecular weight is 247 g/mol. The molecular formula is C14H17NO3. The predicted octanol–water partition coefficient (Wildman–Crippen LogP) is 2.46. The van der Waals surface area contributed by atoms with Gasteiger partial charge in [-0.05, 0) is 26.0 Å². The van der Waals surface area contributed by atoms with Crippen LogP contribution in [0.3, 0.4) is 0 Å². The summed E-state index contributed by atoms with van der Waals surface area (Å²) in [7, 11) is 3.06. The van der Waals surface area contributed by atoms with E-state index < -0.39 is 5.41 Å². The first-order valence-corrected chi connectivity index (χ1v) is 5.60. The van der Waals surface area contributed by atoms with E-state index in [1.807, 2.05) is 0 Å². The number of carbonyl (C=O) groups is 1. The Balaban J connectivity index is 3.45. The summed E-state index contributed by atoms with van der Waals surface area (Å²) in [6, 6.07) is 7.49. The lowest BCUT2D eigenvalue weighted by Crippen LogP contribution is -2.24. The van der Waals surface area contributed by atoms with Crippen LogP contribution in [0, 0.1) is 11.3 Å². The van der Waals surface area contributed by atoms with Crippen LogP contribution in [0.5, 0.6) is 11.5 Å². The Bertz CT molecular complexity index is 468. The summed E-state index contributed by atoms with van der Waals surface area (Å²) >= 11 is 0. The Morgan fingerprint density at radius 1 is 1.33 bits per heavy atom. The number of ketones is 1. The van der Waals surface area contributed by atoms with Gasteiger partial charge in [-0.1, -0.05) is 6.07 Å². The van der Waals surface area contributed by atoms with Crippen molar-refractivity contribution >= 4 is 5.78 Å². The number of hydrogen-bond acceptors (Lipinski definition) is 4. The van der Waals surface area contributed by atoms with Gasteiger partial charge < -0.3 is 9.47 Å². The van der Waals surface area contributed by atoms with Crippen LogP contribution in [-0.2, 0) is 10.2 Å². The van der Waals surface area contributed by atoms with Crippen LogP contribution in [0.4, 0.5) is 0 Å². The molecule has 0 amide bonds. The minimum atomic E-state index is -0.955. The largest absolute Gasteiger partial charge is 0.496 e. The van der Waals surface area contributed by atoms with Gasteiger partial charge in [0.1, 0.15) is 17.3 Å². The van der Waals surface area contributed by atoms with Gasteiger partial charge in [0.25, 0.3) is 0 Å². The molecule has 0 aromatic heterocycles. The molecule has 4 nitrogen and oxygen atoms in total. The van der Waals surface area contributed by atoms with E-state index in [2.05, 4.69) is 6.07 Å². The number of ether oxygens (including phenoxy) is 2. The summed E-state index contributed by atoms with van der Waals surface area (Å²) in [5, 5.41) is 9.41. The molecule has 1 aromatic carbocycles. The molecule has 1 rings (SSSR count). The number of methoxy groups -OCH3 is 2. The molecular weight excluding hydrogens is 230 g/mol. The van der Waals surface area contributed by atoms with Gasteiger partial charge in [-0.2, -0.15) is 5.26 Å². The van der Waals surface area contributed by atoms with Crippen LogP contribution in [-0.4, -0.2) is 20.0 Å². The fraction of sp³-hybridized carbons (Fsp3) is 0.429. The van der Waals surface area contributed by atoms with Gasteiger partial charge in [0, 0.05) is 6.42 Å². The van der Waals surface area contributed by atoms with Gasteiger partial charge in [0.2, 0.25) is 0 Å². The maximum atomic E-state index is 11.4. The number of hydrogen-bond donors (Lipinski definition) is 0. The van der Waals surface area contributed by atoms with Gasteiger partial charge in [-0.3, -0.25) is 4.79 Å². The first kappa shape index (κ1) is 14.0. The normalized spacial score (nSPS) is 13.3. The number of carbonyl (C=O) groups excluding carboxylic acids is 1. The SMILES string of the molecule is COc1cccc(OC)c1C(C)(C#N)CC(C)=O. The van der Waals surface area contributed by atoms with Crippen LogP contribution in [0.25, 0.3) is 0 Å². The maximum absolute atomic E-state index is 11.4. The van der Waals surface area contributed by atoms with Crippen molar-refractivity contribution in [1.29, 1.82) is 5.26 Å². The van der Waals surface area contributed by atoms with Crippen molar-refractivity contribution in [2.45, 2.75) is 25.7 Å². The van der Waals surface area contributed by atoms with Crippen molar-refractivity contribution in [3.63, 3.8) is 0 Å². The fourth-order valence-electron chi connectivity index (χ4n) is 2.08. The predicted molar refractivity (Wildman–Crippen MR) is 67.8 cm³/mol. The highest BCUT2D eigenvalue weighted by molar-refractivity contribution is 5.78. The third kappa shape index (κ3) is 2.62. The molecule has 0 heterocycles. The quantitative estimate of drug-likeness (QED) is 0.802. The number of nitrogens with zero attached hydrogens (tertiary/aromatic N) is 1. The highest BCUT2D eigenvalue weighted by Crippen LogP contribution is 2.40. The van der Waals surface area contributed by atoms with Crippen LogP contribution in [0.1, 0.15) is 25.8 Å². The molecule has 0 spiro atoms. The van der Waals surface area contributed by atoms with Gasteiger partial charge >= 0.3 is 0 Å². The zero-order valence-corrected chi connectivity index (χ0v) is 11.1. The fourth-order valence-corrected chi connectivity index (χ4v) is 2.08. The van der Waals surface area contributed by atoms with Crippen LogP contribution in [0.2, 0.25) is 0 Å². The third-order valence-electron chi connectivity index (χ3n) is 2.83. The molecule has 0 N–H and O–H groups in total. The van der Waals surface area contributed by atoms with Crippen molar-refractivity contribution in [1.82, 2.24) is 0 Å². The molecule has 0 radical (unpaired) electrons. The lowest BCUT2D eigenvalue weighted by molar-refractivity contribution is -0.117. The highest BCUT2D eigenvalue weighted by atomic mass is 16.5. The van der Waals surface area contributed by atoms with Crippen LogP contribution in [0.15, 0.2) is 18.2 Å². The Morgan fingerprint density at radius 3 is 2.17 bits per heavy atom. The number of benzene rings is 1. The second-order valence-electron chi connectivity index (χ2n) is 4.36. The van der Waals surface area contributed by atoms with Crippen molar-refractivity contribution in [3.8, 4) is 17.6 Å². The van der Waals surface area contributed by atoms with E-state index >= 15 is 0 Å². The molecule has 4 heteroatoms. The van der Waals surface area contributed by atoms with E-state index in [1.54, 1.807) is 25.1 Å². The minimum Gasteiger partial charge on any atom is -0.496 e. The number of nitriles is 1. The Kier molecular flexibility index (Phi) is 4.33. The van der Waals surface area contributed by atoms with E-state index in [-0.39, 0.29) is 12.2 Å². The molecule has 0 fully saturated rings. The third-order valence-corrected chi connectivity index (χ3v) is 2.83. The standard InChI is InChI=1S/C14H17NO3/c1-10(16)8-14(2,9-15)13-11(17-3)6-5-7-12(13)18-4/h5-7H,8H2,1-4H3. The molecule has 0 aliphatic heterocycles. The lowest BCUT2D eigenvalue weighted by Gasteiger charge is -2.25. The van der Waals surface area contributed by atoms with Crippen molar-refractivity contribution in [2.75, 3.05) is 14.2 Å². The molecule has 1 atom stereocenters. The molecule has 0 saturated carbocycles. The topological polar surface area (TPSA) is 59.3 Å². The van der Waals surface area contributed by atoms with E-state index in [9.17, 15) is 10.1 Å². The summed E-state index contributed by atoms with van der Waals surface area (Å²) in [5.41, 5.74) is -0.336. The summed E-state index contributed by atoms with van der Waals surface area (Å²) in [4.78, 5) is 11.4. The Labute approximate surface area is 107 Å². The maximum Gasteiger partial charge on any atom is 0.131 e. The highest BCUT2D eigenvalue weighted by Gasteiger charge is 2.34. The molecule has 0 aliphatic rings. The van der Waals surface area contributed by atoms with Crippen molar-refractivity contribution < 1.29 is 14.3 Å². The monoisotopic (exact) mass is 247 g/mol. The van der Waals surface area contributed by atoms with Gasteiger partial charge in [0.05, 0.1) is 31.3 Å². The molecule has 0 aliphatic carbocycles. The molecule has 0 saturated heterocycles. The van der Waals surface area contributed by atoms with E-state index in [1.165, 1.54) is 21.1 Å².